The fraction of sp³-hybridized carbons (Fsp3) is 0.903. The van der Waals surface area contributed by atoms with Crippen molar-refractivity contribution >= 4 is 5.97 Å². The minimum Gasteiger partial charge on any atom is -0.481 e. The first-order chi connectivity index (χ1) is 15.8. The average molecular weight is 471 g/mol. The van der Waals surface area contributed by atoms with Crippen LogP contribution in [0.15, 0.2) is 12.2 Å². The summed E-state index contributed by atoms with van der Waals surface area (Å²) in [5.41, 5.74) is 2.82. The first kappa shape index (κ1) is 24.8. The third-order valence-corrected chi connectivity index (χ3v) is 13.7. The van der Waals surface area contributed by atoms with Crippen molar-refractivity contribution in [1.82, 2.24) is 0 Å². The van der Waals surface area contributed by atoms with Crippen LogP contribution in [0, 0.1) is 56.7 Å². The lowest BCUT2D eigenvalue weighted by molar-refractivity contribution is -0.161. The normalized spacial score (nSPS) is 50.2. The lowest BCUT2D eigenvalue weighted by Gasteiger charge is -2.63. The third kappa shape index (κ3) is 2.94. The van der Waals surface area contributed by atoms with E-state index in [4.69, 9.17) is 0 Å². The molecule has 0 amide bonds. The molecule has 0 aromatic heterocycles. The second-order valence-electron chi connectivity index (χ2n) is 14.8. The number of aliphatic carboxylic acids is 1. The summed E-state index contributed by atoms with van der Waals surface area (Å²) in [6.07, 6.45) is 13.6. The Morgan fingerprint density at radius 1 is 0.912 bits per heavy atom. The van der Waals surface area contributed by atoms with Crippen molar-refractivity contribution in [3.8, 4) is 0 Å². The van der Waals surface area contributed by atoms with Gasteiger partial charge in [0.15, 0.2) is 0 Å². The molecule has 0 saturated heterocycles. The fourth-order valence-corrected chi connectivity index (χ4v) is 11.3. The number of aliphatic hydroxyl groups is 1. The van der Waals surface area contributed by atoms with E-state index in [-0.39, 0.29) is 11.5 Å². The fourth-order valence-electron chi connectivity index (χ4n) is 11.3. The predicted octanol–water partition coefficient (Wildman–Crippen LogP) is 7.48. The van der Waals surface area contributed by atoms with Crippen LogP contribution in [-0.2, 0) is 4.79 Å². The molecule has 5 fully saturated rings. The molecule has 1 unspecified atom stereocenters. The number of carbonyl (C=O) groups is 1. The average Bonchev–Trinajstić information content (AvgIpc) is 3.36. The van der Waals surface area contributed by atoms with Crippen molar-refractivity contribution in [1.29, 1.82) is 0 Å². The number of carboxylic acids is 1. The Hall–Kier alpha value is -0.830. The molecular weight excluding hydrogens is 420 g/mol. The van der Waals surface area contributed by atoms with E-state index >= 15 is 0 Å². The number of rotatable bonds is 6. The number of hydrogen-bond acceptors (Lipinski definition) is 2. The molecule has 192 valence electrons. The summed E-state index contributed by atoms with van der Waals surface area (Å²) in [6.45, 7) is 18.3. The number of aliphatic hydroxyl groups excluding tert-OH is 1. The van der Waals surface area contributed by atoms with Crippen molar-refractivity contribution in [2.45, 2.75) is 118 Å². The molecular formula is C31H50O3. The Bertz CT molecular complexity index is 876. The second-order valence-corrected chi connectivity index (χ2v) is 14.8. The van der Waals surface area contributed by atoms with E-state index in [1.807, 2.05) is 0 Å². The molecule has 5 aliphatic rings. The molecule has 0 aromatic carbocycles. The van der Waals surface area contributed by atoms with E-state index in [2.05, 4.69) is 41.2 Å². The topological polar surface area (TPSA) is 57.5 Å². The van der Waals surface area contributed by atoms with E-state index in [0.717, 1.165) is 36.7 Å². The maximum atomic E-state index is 11.4. The van der Waals surface area contributed by atoms with Gasteiger partial charge in [-0.05, 0) is 128 Å². The number of hydrogen-bond donors (Lipinski definition) is 2. The Morgan fingerprint density at radius 2 is 1.56 bits per heavy atom. The Balaban J connectivity index is 1.35. The van der Waals surface area contributed by atoms with Crippen molar-refractivity contribution < 1.29 is 15.0 Å². The van der Waals surface area contributed by atoms with Crippen LogP contribution in [0.25, 0.3) is 0 Å². The standard InChI is InChI=1S/C31H50O3/c1-19(21(3)26(33)34)8-9-20(2)22-12-14-29(7)24-11-10-23-27(4,5)25(32)13-15-30(23)18-31(24,30)17-16-28(22,29)6/h20-25,32H,1,8-18H2,2-7H3,(H,33,34)/t20-,21?,22-,23+,24+,25+,28-,29+,30-,31+/m1/s1. The Labute approximate surface area is 208 Å². The molecule has 5 saturated carbocycles. The molecule has 10 atom stereocenters. The summed E-state index contributed by atoms with van der Waals surface area (Å²) in [6, 6.07) is 0. The maximum Gasteiger partial charge on any atom is 0.310 e. The van der Waals surface area contributed by atoms with E-state index in [1.54, 1.807) is 6.92 Å². The molecule has 2 spiro atoms. The van der Waals surface area contributed by atoms with E-state index in [0.29, 0.717) is 33.5 Å². The van der Waals surface area contributed by atoms with Crippen molar-refractivity contribution in [2.24, 2.45) is 56.7 Å². The monoisotopic (exact) mass is 470 g/mol. The molecule has 0 aliphatic heterocycles. The van der Waals surface area contributed by atoms with Crippen LogP contribution in [0.5, 0.6) is 0 Å². The Morgan fingerprint density at radius 3 is 2.24 bits per heavy atom. The highest BCUT2D eigenvalue weighted by Crippen LogP contribution is 2.89. The summed E-state index contributed by atoms with van der Waals surface area (Å²) in [5, 5.41) is 20.2. The summed E-state index contributed by atoms with van der Waals surface area (Å²) < 4.78 is 0. The van der Waals surface area contributed by atoms with Crippen LogP contribution in [0.3, 0.4) is 0 Å². The zero-order valence-corrected chi connectivity index (χ0v) is 22.8. The molecule has 34 heavy (non-hydrogen) atoms. The highest BCUT2D eigenvalue weighted by Gasteiger charge is 2.82. The SMILES string of the molecule is C=C(CC[C@@H](C)[C@H]1CC[C@@]2(C)[C@@H]3CC[C@H]4C(C)(C)[C@@H](O)CC[C@@]45C[C@@]35CC[C@]12C)C(C)C(=O)O. The van der Waals surface area contributed by atoms with Gasteiger partial charge in [0.2, 0.25) is 0 Å². The largest absolute Gasteiger partial charge is 0.481 e. The zero-order chi connectivity index (χ0) is 24.9. The van der Waals surface area contributed by atoms with Crippen LogP contribution in [0.4, 0.5) is 0 Å². The molecule has 3 heteroatoms. The van der Waals surface area contributed by atoms with Gasteiger partial charge in [0.05, 0.1) is 12.0 Å². The van der Waals surface area contributed by atoms with Crippen LogP contribution in [0.1, 0.15) is 112 Å². The highest BCUT2D eigenvalue weighted by atomic mass is 16.4. The van der Waals surface area contributed by atoms with Crippen molar-refractivity contribution in [3.05, 3.63) is 12.2 Å². The quantitative estimate of drug-likeness (QED) is 0.396. The lowest BCUT2D eigenvalue weighted by atomic mass is 9.41. The smallest absolute Gasteiger partial charge is 0.310 e. The lowest BCUT2D eigenvalue weighted by Crippen LogP contribution is -2.57. The van der Waals surface area contributed by atoms with E-state index in [9.17, 15) is 15.0 Å². The zero-order valence-electron chi connectivity index (χ0n) is 22.8. The van der Waals surface area contributed by atoms with Crippen LogP contribution in [0.2, 0.25) is 0 Å². The van der Waals surface area contributed by atoms with Gasteiger partial charge in [-0.3, -0.25) is 4.79 Å². The van der Waals surface area contributed by atoms with Gasteiger partial charge in [0, 0.05) is 0 Å². The summed E-state index contributed by atoms with van der Waals surface area (Å²) in [5.74, 6) is 1.71. The van der Waals surface area contributed by atoms with E-state index in [1.165, 1.54) is 51.4 Å². The molecule has 2 N–H and O–H groups in total. The predicted molar refractivity (Wildman–Crippen MR) is 137 cm³/mol. The van der Waals surface area contributed by atoms with Gasteiger partial charge in [-0.1, -0.05) is 46.8 Å². The van der Waals surface area contributed by atoms with Gasteiger partial charge in [0.25, 0.3) is 0 Å². The van der Waals surface area contributed by atoms with Gasteiger partial charge in [-0.15, -0.1) is 0 Å². The first-order valence-corrected chi connectivity index (χ1v) is 14.4. The van der Waals surface area contributed by atoms with Gasteiger partial charge >= 0.3 is 5.97 Å². The number of carboxylic acid groups (broad SMARTS) is 1. The summed E-state index contributed by atoms with van der Waals surface area (Å²) in [7, 11) is 0. The van der Waals surface area contributed by atoms with Crippen LogP contribution < -0.4 is 0 Å². The Kier molecular flexibility index (Phi) is 5.55. The third-order valence-electron chi connectivity index (χ3n) is 13.7. The first-order valence-electron chi connectivity index (χ1n) is 14.4. The van der Waals surface area contributed by atoms with Gasteiger partial charge < -0.3 is 10.2 Å². The van der Waals surface area contributed by atoms with E-state index < -0.39 is 11.9 Å². The minimum atomic E-state index is -0.747. The maximum absolute atomic E-state index is 11.4. The molecule has 0 aromatic rings. The summed E-state index contributed by atoms with van der Waals surface area (Å²) >= 11 is 0. The molecule has 5 aliphatic carbocycles. The number of fused-ring (bicyclic) bond motifs is 2. The minimum absolute atomic E-state index is 0.0661. The van der Waals surface area contributed by atoms with Crippen molar-refractivity contribution in [3.63, 3.8) is 0 Å². The van der Waals surface area contributed by atoms with Crippen molar-refractivity contribution in [2.75, 3.05) is 0 Å². The summed E-state index contributed by atoms with van der Waals surface area (Å²) in [4.78, 5) is 11.4. The molecule has 5 rings (SSSR count). The highest BCUT2D eigenvalue weighted by molar-refractivity contribution is 5.72. The van der Waals surface area contributed by atoms with Crippen LogP contribution in [-0.4, -0.2) is 22.3 Å². The molecule has 0 radical (unpaired) electrons. The van der Waals surface area contributed by atoms with Gasteiger partial charge in [0.1, 0.15) is 0 Å². The molecule has 0 heterocycles. The molecule has 0 bridgehead atoms. The molecule has 3 nitrogen and oxygen atoms in total. The van der Waals surface area contributed by atoms with Gasteiger partial charge in [-0.2, -0.15) is 0 Å². The second kappa shape index (κ2) is 7.59. The van der Waals surface area contributed by atoms with Gasteiger partial charge in [-0.25, -0.2) is 0 Å². The van der Waals surface area contributed by atoms with Crippen LogP contribution >= 0.6 is 0 Å².